The van der Waals surface area contributed by atoms with E-state index in [1.54, 1.807) is 16.8 Å². The summed E-state index contributed by atoms with van der Waals surface area (Å²) in [5.41, 5.74) is -0.00926. The van der Waals surface area contributed by atoms with Crippen LogP contribution in [0.1, 0.15) is 12.3 Å². The fraction of sp³-hybridized carbons (Fsp3) is 0.286. The maximum Gasteiger partial charge on any atom is 0.251 e. The Morgan fingerprint density at radius 1 is 1.60 bits per heavy atom. The van der Waals surface area contributed by atoms with E-state index in [1.807, 2.05) is 13.0 Å². The van der Waals surface area contributed by atoms with Crippen molar-refractivity contribution in [2.24, 2.45) is 0 Å². The Morgan fingerprint density at radius 3 is 2.70 bits per heavy atom. The van der Waals surface area contributed by atoms with Crippen molar-refractivity contribution in [1.29, 1.82) is 0 Å². The van der Waals surface area contributed by atoms with Gasteiger partial charge in [-0.15, -0.1) is 0 Å². The molecule has 0 aromatic carbocycles. The summed E-state index contributed by atoms with van der Waals surface area (Å²) in [6.45, 7) is 1.85. The Labute approximate surface area is 64.9 Å². The first-order valence-electron chi connectivity index (χ1n) is 3.07. The van der Waals surface area contributed by atoms with E-state index in [1.165, 1.54) is 6.07 Å². The smallest absolute Gasteiger partial charge is 0.251 e. The largest absolute Gasteiger partial charge is 0.304 e. The highest BCUT2D eigenvalue weighted by Gasteiger charge is 1.96. The van der Waals surface area contributed by atoms with Crippen molar-refractivity contribution in [2.45, 2.75) is 12.3 Å². The second-order valence-electron chi connectivity index (χ2n) is 2.08. The lowest BCUT2D eigenvalue weighted by molar-refractivity contribution is 0.711. The number of nitrogens with zero attached hydrogens (tertiary/aromatic N) is 1. The summed E-state index contributed by atoms with van der Waals surface area (Å²) >= 11 is 4.12. The Hall–Kier alpha value is -0.700. The average molecular weight is 155 g/mol. The van der Waals surface area contributed by atoms with Crippen molar-refractivity contribution in [1.82, 2.24) is 4.57 Å². The van der Waals surface area contributed by atoms with E-state index in [9.17, 15) is 4.79 Å². The van der Waals surface area contributed by atoms with Gasteiger partial charge < -0.3 is 4.57 Å². The van der Waals surface area contributed by atoms with Gasteiger partial charge in [-0.2, -0.15) is 12.6 Å². The summed E-state index contributed by atoms with van der Waals surface area (Å²) in [7, 11) is 0. The number of hydrogen-bond acceptors (Lipinski definition) is 2. The van der Waals surface area contributed by atoms with Crippen molar-refractivity contribution in [3.8, 4) is 0 Å². The van der Waals surface area contributed by atoms with Crippen LogP contribution in [0.5, 0.6) is 0 Å². The molecule has 0 fully saturated rings. The van der Waals surface area contributed by atoms with Gasteiger partial charge in [-0.3, -0.25) is 4.79 Å². The molecule has 1 atom stereocenters. The van der Waals surface area contributed by atoms with Crippen LogP contribution in [0.15, 0.2) is 29.2 Å². The van der Waals surface area contributed by atoms with E-state index in [4.69, 9.17) is 0 Å². The van der Waals surface area contributed by atoms with Gasteiger partial charge in [-0.05, 0) is 13.0 Å². The molecule has 1 rings (SSSR count). The van der Waals surface area contributed by atoms with E-state index in [0.717, 1.165) is 0 Å². The number of rotatable bonds is 1. The van der Waals surface area contributed by atoms with Gasteiger partial charge in [0, 0.05) is 12.3 Å². The normalized spacial score (nSPS) is 13.0. The Balaban J connectivity index is 3.16. The van der Waals surface area contributed by atoms with E-state index in [-0.39, 0.29) is 10.9 Å². The van der Waals surface area contributed by atoms with Crippen LogP contribution < -0.4 is 5.56 Å². The minimum absolute atomic E-state index is 0.00926. The topological polar surface area (TPSA) is 22.0 Å². The summed E-state index contributed by atoms with van der Waals surface area (Å²) < 4.78 is 1.56. The number of pyridine rings is 1. The van der Waals surface area contributed by atoms with Gasteiger partial charge in [0.05, 0.1) is 5.37 Å². The summed E-state index contributed by atoms with van der Waals surface area (Å²) in [6.07, 6.45) is 1.72. The van der Waals surface area contributed by atoms with Gasteiger partial charge in [0.2, 0.25) is 0 Å². The third-order valence-corrected chi connectivity index (χ3v) is 1.50. The minimum atomic E-state index is -0.0475. The maximum atomic E-state index is 11.0. The van der Waals surface area contributed by atoms with Crippen LogP contribution in [0.25, 0.3) is 0 Å². The molecule has 0 aliphatic heterocycles. The highest BCUT2D eigenvalue weighted by molar-refractivity contribution is 7.80. The maximum absolute atomic E-state index is 11.0. The lowest BCUT2D eigenvalue weighted by Gasteiger charge is -2.06. The molecular weight excluding hydrogens is 146 g/mol. The van der Waals surface area contributed by atoms with Crippen LogP contribution in [0.2, 0.25) is 0 Å². The Bertz CT molecular complexity index is 266. The van der Waals surface area contributed by atoms with E-state index in [2.05, 4.69) is 12.6 Å². The summed E-state index contributed by atoms with van der Waals surface area (Å²) in [5, 5.41) is -0.0475. The number of aromatic nitrogens is 1. The van der Waals surface area contributed by atoms with Gasteiger partial charge in [0.1, 0.15) is 0 Å². The van der Waals surface area contributed by atoms with Crippen LogP contribution in [0.3, 0.4) is 0 Å². The minimum Gasteiger partial charge on any atom is -0.304 e. The van der Waals surface area contributed by atoms with Crippen molar-refractivity contribution in [2.75, 3.05) is 0 Å². The van der Waals surface area contributed by atoms with Gasteiger partial charge in [0.25, 0.3) is 5.56 Å². The summed E-state index contributed by atoms with van der Waals surface area (Å²) in [4.78, 5) is 11.0. The molecule has 3 heteroatoms. The molecule has 0 radical (unpaired) electrons. The van der Waals surface area contributed by atoms with Gasteiger partial charge in [0.15, 0.2) is 0 Å². The molecular formula is C7H9NOS. The van der Waals surface area contributed by atoms with Gasteiger partial charge >= 0.3 is 0 Å². The molecule has 0 aliphatic rings. The first-order chi connectivity index (χ1) is 4.72. The summed E-state index contributed by atoms with van der Waals surface area (Å²) in [5.74, 6) is 0. The lowest BCUT2D eigenvalue weighted by Crippen LogP contribution is -2.18. The predicted molar refractivity (Wildman–Crippen MR) is 44.4 cm³/mol. The van der Waals surface area contributed by atoms with Crippen molar-refractivity contribution < 1.29 is 0 Å². The summed E-state index contributed by atoms with van der Waals surface area (Å²) in [6, 6.07) is 5.05. The van der Waals surface area contributed by atoms with Crippen LogP contribution in [0.4, 0.5) is 0 Å². The van der Waals surface area contributed by atoms with Gasteiger partial charge in [-0.1, -0.05) is 6.07 Å². The number of thiol groups is 1. The Morgan fingerprint density at radius 2 is 2.30 bits per heavy atom. The standard InChI is InChI=1S/C7H9NOS/c1-6(10)8-5-3-2-4-7(8)9/h2-6,10H,1H3. The molecule has 0 bridgehead atoms. The van der Waals surface area contributed by atoms with Crippen LogP contribution in [-0.4, -0.2) is 4.57 Å². The zero-order valence-electron chi connectivity index (χ0n) is 5.69. The molecule has 1 aromatic rings. The van der Waals surface area contributed by atoms with Crippen LogP contribution in [0, 0.1) is 0 Å². The highest BCUT2D eigenvalue weighted by atomic mass is 32.1. The molecule has 1 unspecified atom stereocenters. The second kappa shape index (κ2) is 2.92. The average Bonchev–Trinajstić information content (AvgIpc) is 1.88. The molecule has 1 aromatic heterocycles. The van der Waals surface area contributed by atoms with E-state index in [0.29, 0.717) is 0 Å². The first kappa shape index (κ1) is 7.41. The first-order valence-corrected chi connectivity index (χ1v) is 3.58. The molecule has 0 aliphatic carbocycles. The molecule has 0 saturated heterocycles. The molecule has 0 amide bonds. The fourth-order valence-electron chi connectivity index (χ4n) is 0.749. The molecule has 0 spiro atoms. The third-order valence-electron chi connectivity index (χ3n) is 1.25. The monoisotopic (exact) mass is 155 g/mol. The van der Waals surface area contributed by atoms with E-state index < -0.39 is 0 Å². The molecule has 0 N–H and O–H groups in total. The molecule has 1 heterocycles. The molecule has 10 heavy (non-hydrogen) atoms. The third kappa shape index (κ3) is 1.42. The van der Waals surface area contributed by atoms with Crippen molar-refractivity contribution in [3.05, 3.63) is 34.7 Å². The second-order valence-corrected chi connectivity index (χ2v) is 2.83. The fourth-order valence-corrected chi connectivity index (χ4v) is 0.939. The quantitative estimate of drug-likeness (QED) is 0.607. The lowest BCUT2D eigenvalue weighted by atomic mass is 10.5. The zero-order chi connectivity index (χ0) is 7.56. The predicted octanol–water partition coefficient (Wildman–Crippen LogP) is 1.30. The Kier molecular flexibility index (Phi) is 2.17. The molecule has 0 saturated carbocycles. The van der Waals surface area contributed by atoms with Crippen LogP contribution >= 0.6 is 12.6 Å². The van der Waals surface area contributed by atoms with Gasteiger partial charge in [-0.25, -0.2) is 0 Å². The highest BCUT2D eigenvalue weighted by Crippen LogP contribution is 2.04. The van der Waals surface area contributed by atoms with Crippen LogP contribution in [-0.2, 0) is 0 Å². The van der Waals surface area contributed by atoms with Crippen molar-refractivity contribution in [3.63, 3.8) is 0 Å². The zero-order valence-corrected chi connectivity index (χ0v) is 6.58. The van der Waals surface area contributed by atoms with Crippen molar-refractivity contribution >= 4 is 12.6 Å². The number of hydrogen-bond donors (Lipinski definition) is 1. The molecule has 2 nitrogen and oxygen atoms in total. The van der Waals surface area contributed by atoms with E-state index >= 15 is 0 Å². The SMILES string of the molecule is CC(S)n1ccccc1=O. The molecule has 54 valence electrons.